The molecule has 1 N–H and O–H groups in total. The maximum absolute atomic E-state index is 12.7. The van der Waals surface area contributed by atoms with E-state index in [9.17, 15) is 9.59 Å². The SMILES string of the molecule is CCOc1ccc(NC(=O)C2CC(=O)N(c3c(C)cc(C)cc3C)C2)cc1. The van der Waals surface area contributed by atoms with E-state index in [1.807, 2.05) is 52.0 Å². The van der Waals surface area contributed by atoms with Crippen LogP contribution in [0.1, 0.15) is 30.0 Å². The summed E-state index contributed by atoms with van der Waals surface area (Å²) in [4.78, 5) is 27.0. The third-order valence-corrected chi connectivity index (χ3v) is 4.83. The summed E-state index contributed by atoms with van der Waals surface area (Å²) in [7, 11) is 0. The lowest BCUT2D eigenvalue weighted by Gasteiger charge is -2.22. The lowest BCUT2D eigenvalue weighted by molar-refractivity contribution is -0.122. The smallest absolute Gasteiger partial charge is 0.229 e. The summed E-state index contributed by atoms with van der Waals surface area (Å²) < 4.78 is 5.41. The first-order valence-electron chi connectivity index (χ1n) is 9.31. The molecular weight excluding hydrogens is 340 g/mol. The van der Waals surface area contributed by atoms with Crippen LogP contribution in [0, 0.1) is 26.7 Å². The maximum atomic E-state index is 12.7. The van der Waals surface area contributed by atoms with E-state index in [0.29, 0.717) is 18.8 Å². The molecule has 1 aliphatic heterocycles. The van der Waals surface area contributed by atoms with Crippen molar-refractivity contribution in [1.82, 2.24) is 0 Å². The van der Waals surface area contributed by atoms with Crippen molar-refractivity contribution < 1.29 is 14.3 Å². The summed E-state index contributed by atoms with van der Waals surface area (Å²) in [5, 5.41) is 2.91. The normalized spacial score (nSPS) is 16.5. The number of rotatable bonds is 5. The topological polar surface area (TPSA) is 58.6 Å². The fourth-order valence-electron chi connectivity index (χ4n) is 3.74. The molecule has 142 valence electrons. The van der Waals surface area contributed by atoms with Crippen LogP contribution >= 0.6 is 0 Å². The lowest BCUT2D eigenvalue weighted by Crippen LogP contribution is -2.29. The molecule has 1 aliphatic rings. The number of anilines is 2. The van der Waals surface area contributed by atoms with Crippen molar-refractivity contribution in [3.05, 3.63) is 53.1 Å². The van der Waals surface area contributed by atoms with E-state index in [-0.39, 0.29) is 24.2 Å². The fourth-order valence-corrected chi connectivity index (χ4v) is 3.74. The number of ether oxygens (including phenoxy) is 1. The molecule has 2 aromatic carbocycles. The molecule has 1 saturated heterocycles. The minimum Gasteiger partial charge on any atom is -0.494 e. The molecule has 27 heavy (non-hydrogen) atoms. The fraction of sp³-hybridized carbons (Fsp3) is 0.364. The first-order valence-corrected chi connectivity index (χ1v) is 9.31. The Kier molecular flexibility index (Phi) is 5.49. The zero-order valence-corrected chi connectivity index (χ0v) is 16.3. The van der Waals surface area contributed by atoms with Gasteiger partial charge in [-0.3, -0.25) is 9.59 Å². The molecule has 1 heterocycles. The Morgan fingerprint density at radius 1 is 1.15 bits per heavy atom. The number of nitrogens with one attached hydrogen (secondary N) is 1. The zero-order chi connectivity index (χ0) is 19.6. The Balaban J connectivity index is 1.70. The van der Waals surface area contributed by atoms with Gasteiger partial charge in [0.15, 0.2) is 0 Å². The average Bonchev–Trinajstić information content (AvgIpc) is 2.98. The molecule has 0 spiro atoms. The van der Waals surface area contributed by atoms with Crippen molar-refractivity contribution in [3.8, 4) is 5.75 Å². The Morgan fingerprint density at radius 2 is 1.78 bits per heavy atom. The highest BCUT2D eigenvalue weighted by Gasteiger charge is 2.36. The predicted octanol–water partition coefficient (Wildman–Crippen LogP) is 4.00. The minimum absolute atomic E-state index is 0.00287. The van der Waals surface area contributed by atoms with Crippen LogP contribution in [-0.2, 0) is 9.59 Å². The molecule has 0 aromatic heterocycles. The number of aryl methyl sites for hydroxylation is 3. The molecule has 2 amide bonds. The second-order valence-electron chi connectivity index (χ2n) is 7.10. The highest BCUT2D eigenvalue weighted by Crippen LogP contribution is 2.32. The maximum Gasteiger partial charge on any atom is 0.229 e. The summed E-state index contributed by atoms with van der Waals surface area (Å²) in [5.74, 6) is 0.279. The molecule has 0 radical (unpaired) electrons. The summed E-state index contributed by atoms with van der Waals surface area (Å²) >= 11 is 0. The van der Waals surface area contributed by atoms with Gasteiger partial charge in [-0.1, -0.05) is 17.7 Å². The van der Waals surface area contributed by atoms with Crippen LogP contribution in [0.15, 0.2) is 36.4 Å². The molecule has 1 unspecified atom stereocenters. The monoisotopic (exact) mass is 366 g/mol. The van der Waals surface area contributed by atoms with Crippen LogP contribution < -0.4 is 15.0 Å². The number of hydrogen-bond acceptors (Lipinski definition) is 3. The highest BCUT2D eigenvalue weighted by atomic mass is 16.5. The number of carbonyl (C=O) groups is 2. The van der Waals surface area contributed by atoms with Crippen molar-refractivity contribution >= 4 is 23.2 Å². The van der Waals surface area contributed by atoms with E-state index < -0.39 is 0 Å². The van der Waals surface area contributed by atoms with Crippen molar-refractivity contribution in [3.63, 3.8) is 0 Å². The Hall–Kier alpha value is -2.82. The van der Waals surface area contributed by atoms with Crippen molar-refractivity contribution in [2.45, 2.75) is 34.1 Å². The van der Waals surface area contributed by atoms with Gasteiger partial charge >= 0.3 is 0 Å². The van der Waals surface area contributed by atoms with Crippen LogP contribution in [0.4, 0.5) is 11.4 Å². The van der Waals surface area contributed by atoms with Gasteiger partial charge in [-0.25, -0.2) is 0 Å². The van der Waals surface area contributed by atoms with Gasteiger partial charge in [0.25, 0.3) is 0 Å². The Bertz CT molecular complexity index is 835. The van der Waals surface area contributed by atoms with E-state index in [2.05, 4.69) is 17.4 Å². The van der Waals surface area contributed by atoms with Gasteiger partial charge in [0, 0.05) is 24.3 Å². The zero-order valence-electron chi connectivity index (χ0n) is 16.3. The van der Waals surface area contributed by atoms with E-state index in [0.717, 1.165) is 22.6 Å². The summed E-state index contributed by atoms with van der Waals surface area (Å²) in [6.07, 6.45) is 0.232. The highest BCUT2D eigenvalue weighted by molar-refractivity contribution is 6.04. The van der Waals surface area contributed by atoms with Gasteiger partial charge < -0.3 is 15.0 Å². The molecule has 0 bridgehead atoms. The first-order chi connectivity index (χ1) is 12.9. The molecule has 5 nitrogen and oxygen atoms in total. The number of benzene rings is 2. The van der Waals surface area contributed by atoms with E-state index in [1.165, 1.54) is 5.56 Å². The molecule has 0 saturated carbocycles. The number of hydrogen-bond donors (Lipinski definition) is 1. The number of nitrogens with zero attached hydrogens (tertiary/aromatic N) is 1. The molecule has 1 fully saturated rings. The van der Waals surface area contributed by atoms with Crippen LogP contribution in [-0.4, -0.2) is 25.0 Å². The van der Waals surface area contributed by atoms with Gasteiger partial charge in [-0.2, -0.15) is 0 Å². The number of amides is 2. The van der Waals surface area contributed by atoms with Crippen LogP contribution in [0.3, 0.4) is 0 Å². The molecular formula is C22H26N2O3. The van der Waals surface area contributed by atoms with Gasteiger partial charge in [-0.15, -0.1) is 0 Å². The third-order valence-electron chi connectivity index (χ3n) is 4.83. The van der Waals surface area contributed by atoms with Crippen molar-refractivity contribution in [2.24, 2.45) is 5.92 Å². The first kappa shape index (κ1) is 19.0. The van der Waals surface area contributed by atoms with Gasteiger partial charge in [0.05, 0.1) is 12.5 Å². The van der Waals surface area contributed by atoms with Crippen LogP contribution in [0.2, 0.25) is 0 Å². The second kappa shape index (κ2) is 7.82. The second-order valence-corrected chi connectivity index (χ2v) is 7.10. The molecule has 5 heteroatoms. The number of carbonyl (C=O) groups excluding carboxylic acids is 2. The standard InChI is InChI=1S/C22H26N2O3/c1-5-27-19-8-6-18(7-9-19)23-22(26)17-12-20(25)24(13-17)21-15(3)10-14(2)11-16(21)4/h6-11,17H,5,12-13H2,1-4H3,(H,23,26). The summed E-state index contributed by atoms with van der Waals surface area (Å²) in [6.45, 7) is 9.00. The third kappa shape index (κ3) is 4.13. The molecule has 1 atom stereocenters. The lowest BCUT2D eigenvalue weighted by atomic mass is 10.0. The van der Waals surface area contributed by atoms with E-state index in [1.54, 1.807) is 4.90 Å². The predicted molar refractivity (Wildman–Crippen MR) is 107 cm³/mol. The van der Waals surface area contributed by atoms with Crippen molar-refractivity contribution in [1.29, 1.82) is 0 Å². The quantitative estimate of drug-likeness (QED) is 0.870. The van der Waals surface area contributed by atoms with Crippen LogP contribution in [0.25, 0.3) is 0 Å². The summed E-state index contributed by atoms with van der Waals surface area (Å²) in [6, 6.07) is 11.4. The molecule has 2 aromatic rings. The van der Waals surface area contributed by atoms with Crippen LogP contribution in [0.5, 0.6) is 5.75 Å². The summed E-state index contributed by atoms with van der Waals surface area (Å²) in [5.41, 5.74) is 4.94. The van der Waals surface area contributed by atoms with Gasteiger partial charge in [0.2, 0.25) is 11.8 Å². The van der Waals surface area contributed by atoms with E-state index >= 15 is 0 Å². The minimum atomic E-state index is -0.357. The largest absolute Gasteiger partial charge is 0.494 e. The Labute approximate surface area is 160 Å². The van der Waals surface area contributed by atoms with Gasteiger partial charge in [-0.05, 0) is 63.1 Å². The molecule has 3 rings (SSSR count). The molecule has 0 aliphatic carbocycles. The van der Waals surface area contributed by atoms with Gasteiger partial charge in [0.1, 0.15) is 5.75 Å². The van der Waals surface area contributed by atoms with Crippen molar-refractivity contribution in [2.75, 3.05) is 23.4 Å². The average molecular weight is 366 g/mol. The Morgan fingerprint density at radius 3 is 2.37 bits per heavy atom. The van der Waals surface area contributed by atoms with E-state index in [4.69, 9.17) is 4.74 Å².